The van der Waals surface area contributed by atoms with Crippen LogP contribution in [0.5, 0.6) is 0 Å². The Bertz CT molecular complexity index is 542. The van der Waals surface area contributed by atoms with E-state index in [0.717, 1.165) is 18.5 Å². The summed E-state index contributed by atoms with van der Waals surface area (Å²) in [6, 6.07) is 10.3. The van der Waals surface area contributed by atoms with Crippen molar-refractivity contribution in [3.8, 4) is 0 Å². The van der Waals surface area contributed by atoms with E-state index in [2.05, 4.69) is 22.5 Å². The predicted molar refractivity (Wildman–Crippen MR) is 78.2 cm³/mol. The van der Waals surface area contributed by atoms with Gasteiger partial charge in [-0.25, -0.2) is 10.8 Å². The summed E-state index contributed by atoms with van der Waals surface area (Å²) in [4.78, 5) is 15.4. The molecular weight excluding hydrogens is 274 g/mol. The molecule has 0 fully saturated rings. The summed E-state index contributed by atoms with van der Waals surface area (Å²) in [7, 11) is 0. The Morgan fingerprint density at radius 1 is 1.35 bits per heavy atom. The highest BCUT2D eigenvalue weighted by Crippen LogP contribution is 2.10. The number of aromatic nitrogens is 1. The molecule has 2 aromatic rings. The molecule has 1 aromatic heterocycles. The lowest BCUT2D eigenvalue weighted by Crippen LogP contribution is -2.29. The van der Waals surface area contributed by atoms with Gasteiger partial charge in [-0.1, -0.05) is 30.3 Å². The SMILES string of the molecule is NNC(=O)c1nc(COCCCc2ccccc2)cs1. The monoisotopic (exact) mass is 291 g/mol. The third kappa shape index (κ3) is 4.41. The van der Waals surface area contributed by atoms with Crippen LogP contribution in [-0.4, -0.2) is 17.5 Å². The molecule has 1 heterocycles. The van der Waals surface area contributed by atoms with Crippen LogP contribution >= 0.6 is 11.3 Å². The van der Waals surface area contributed by atoms with E-state index in [9.17, 15) is 4.79 Å². The normalized spacial score (nSPS) is 10.4. The van der Waals surface area contributed by atoms with E-state index in [1.54, 1.807) is 0 Å². The Hall–Kier alpha value is -1.76. The molecule has 0 aliphatic heterocycles. The van der Waals surface area contributed by atoms with Gasteiger partial charge in [-0.3, -0.25) is 10.2 Å². The van der Waals surface area contributed by atoms with E-state index in [4.69, 9.17) is 10.6 Å². The van der Waals surface area contributed by atoms with Crippen LogP contribution in [0.25, 0.3) is 0 Å². The van der Waals surface area contributed by atoms with Crippen molar-refractivity contribution in [3.05, 3.63) is 52.0 Å². The molecule has 0 radical (unpaired) electrons. The summed E-state index contributed by atoms with van der Waals surface area (Å²) in [5, 5.41) is 2.16. The molecule has 6 heteroatoms. The van der Waals surface area contributed by atoms with E-state index in [0.29, 0.717) is 18.2 Å². The van der Waals surface area contributed by atoms with Crippen molar-refractivity contribution < 1.29 is 9.53 Å². The smallest absolute Gasteiger partial charge is 0.294 e. The Morgan fingerprint density at radius 2 is 2.15 bits per heavy atom. The number of thiazole rings is 1. The Balaban J connectivity index is 1.66. The molecule has 3 N–H and O–H groups in total. The van der Waals surface area contributed by atoms with Crippen LogP contribution < -0.4 is 11.3 Å². The zero-order chi connectivity index (χ0) is 14.2. The molecule has 0 saturated carbocycles. The van der Waals surface area contributed by atoms with E-state index in [1.807, 2.05) is 23.6 Å². The molecule has 0 spiro atoms. The number of nitrogens with two attached hydrogens (primary N) is 1. The van der Waals surface area contributed by atoms with Gasteiger partial charge in [0.25, 0.3) is 5.91 Å². The van der Waals surface area contributed by atoms with Gasteiger partial charge in [0.2, 0.25) is 0 Å². The number of carbonyl (C=O) groups excluding carboxylic acids is 1. The third-order valence-electron chi connectivity index (χ3n) is 2.72. The summed E-state index contributed by atoms with van der Waals surface area (Å²) >= 11 is 1.26. The fourth-order valence-corrected chi connectivity index (χ4v) is 2.44. The molecule has 0 unspecified atom stereocenters. The molecular formula is C14H17N3O2S. The minimum Gasteiger partial charge on any atom is -0.375 e. The molecule has 0 bridgehead atoms. The molecule has 106 valence electrons. The van der Waals surface area contributed by atoms with E-state index >= 15 is 0 Å². The van der Waals surface area contributed by atoms with Crippen molar-refractivity contribution in [2.24, 2.45) is 5.84 Å². The van der Waals surface area contributed by atoms with Crippen LogP contribution in [0.3, 0.4) is 0 Å². The largest absolute Gasteiger partial charge is 0.375 e. The first-order valence-electron chi connectivity index (χ1n) is 6.36. The van der Waals surface area contributed by atoms with Crippen LogP contribution in [0.1, 0.15) is 27.5 Å². The Labute approximate surface area is 121 Å². The van der Waals surface area contributed by atoms with Crippen molar-refractivity contribution in [1.82, 2.24) is 10.4 Å². The second-order valence-electron chi connectivity index (χ2n) is 4.26. The fraction of sp³-hybridized carbons (Fsp3) is 0.286. The molecule has 2 rings (SSSR count). The first kappa shape index (κ1) is 14.6. The second kappa shape index (κ2) is 7.74. The predicted octanol–water partition coefficient (Wildman–Crippen LogP) is 1.90. The number of nitrogens with zero attached hydrogens (tertiary/aromatic N) is 1. The number of nitrogen functional groups attached to an aromatic ring is 1. The number of nitrogens with one attached hydrogen (secondary N) is 1. The quantitative estimate of drug-likeness (QED) is 0.353. The van der Waals surface area contributed by atoms with E-state index < -0.39 is 0 Å². The number of amides is 1. The standard InChI is InChI=1S/C14H17N3O2S/c15-17-13(18)14-16-12(10-20-14)9-19-8-4-7-11-5-2-1-3-6-11/h1-3,5-6,10H,4,7-9,15H2,(H,17,18). The second-order valence-corrected chi connectivity index (χ2v) is 5.12. The summed E-state index contributed by atoms with van der Waals surface area (Å²) in [6.07, 6.45) is 1.96. The highest BCUT2D eigenvalue weighted by Gasteiger charge is 2.09. The topological polar surface area (TPSA) is 77.2 Å². The van der Waals surface area contributed by atoms with Gasteiger partial charge in [0.05, 0.1) is 12.3 Å². The summed E-state index contributed by atoms with van der Waals surface area (Å²) in [6.45, 7) is 1.09. The van der Waals surface area contributed by atoms with Crippen molar-refractivity contribution in [2.75, 3.05) is 6.61 Å². The maximum atomic E-state index is 11.2. The maximum Gasteiger partial charge on any atom is 0.294 e. The van der Waals surface area contributed by atoms with Crippen LogP contribution in [-0.2, 0) is 17.8 Å². The van der Waals surface area contributed by atoms with Crippen molar-refractivity contribution in [1.29, 1.82) is 0 Å². The van der Waals surface area contributed by atoms with Gasteiger partial charge in [0.15, 0.2) is 5.01 Å². The average Bonchev–Trinajstić information content (AvgIpc) is 2.96. The average molecular weight is 291 g/mol. The number of hydrazine groups is 1. The zero-order valence-electron chi connectivity index (χ0n) is 11.0. The summed E-state index contributed by atoms with van der Waals surface area (Å²) in [5.74, 6) is 4.67. The molecule has 0 saturated heterocycles. The van der Waals surface area contributed by atoms with E-state index in [1.165, 1.54) is 16.9 Å². The van der Waals surface area contributed by atoms with Gasteiger partial charge < -0.3 is 4.74 Å². The van der Waals surface area contributed by atoms with Crippen molar-refractivity contribution in [3.63, 3.8) is 0 Å². The minimum atomic E-state index is -0.370. The van der Waals surface area contributed by atoms with Crippen molar-refractivity contribution >= 4 is 17.2 Å². The van der Waals surface area contributed by atoms with Gasteiger partial charge >= 0.3 is 0 Å². The summed E-state index contributed by atoms with van der Waals surface area (Å²) < 4.78 is 5.55. The first-order chi connectivity index (χ1) is 9.79. The molecule has 20 heavy (non-hydrogen) atoms. The lowest BCUT2D eigenvalue weighted by atomic mass is 10.1. The lowest BCUT2D eigenvalue weighted by molar-refractivity contribution is 0.0951. The number of aryl methyl sites for hydroxylation is 1. The highest BCUT2D eigenvalue weighted by atomic mass is 32.1. The Kier molecular flexibility index (Phi) is 5.67. The molecule has 0 aliphatic carbocycles. The van der Waals surface area contributed by atoms with Crippen LogP contribution in [0, 0.1) is 0 Å². The fourth-order valence-electron chi connectivity index (χ4n) is 1.74. The molecule has 0 atom stereocenters. The molecule has 0 aliphatic rings. The number of carbonyl (C=O) groups is 1. The van der Waals surface area contributed by atoms with Crippen LogP contribution in [0.2, 0.25) is 0 Å². The first-order valence-corrected chi connectivity index (χ1v) is 7.24. The number of rotatable bonds is 7. The van der Waals surface area contributed by atoms with Crippen LogP contribution in [0.15, 0.2) is 35.7 Å². The van der Waals surface area contributed by atoms with Gasteiger partial charge in [-0.15, -0.1) is 11.3 Å². The molecule has 5 nitrogen and oxygen atoms in total. The maximum absolute atomic E-state index is 11.2. The van der Waals surface area contributed by atoms with Gasteiger partial charge in [-0.2, -0.15) is 0 Å². The van der Waals surface area contributed by atoms with Crippen molar-refractivity contribution in [2.45, 2.75) is 19.4 Å². The third-order valence-corrected chi connectivity index (χ3v) is 3.61. The summed E-state index contributed by atoms with van der Waals surface area (Å²) in [5.41, 5.74) is 4.13. The van der Waals surface area contributed by atoms with E-state index in [-0.39, 0.29) is 5.91 Å². The van der Waals surface area contributed by atoms with Gasteiger partial charge in [0, 0.05) is 12.0 Å². The number of ether oxygens (including phenoxy) is 1. The molecule has 1 aromatic carbocycles. The molecule has 1 amide bonds. The number of benzene rings is 1. The zero-order valence-corrected chi connectivity index (χ0v) is 11.9. The van der Waals surface area contributed by atoms with Crippen LogP contribution in [0.4, 0.5) is 0 Å². The van der Waals surface area contributed by atoms with Gasteiger partial charge in [0.1, 0.15) is 0 Å². The highest BCUT2D eigenvalue weighted by molar-refractivity contribution is 7.11. The minimum absolute atomic E-state index is 0.357. The lowest BCUT2D eigenvalue weighted by Gasteiger charge is -2.02. The number of hydrogen-bond acceptors (Lipinski definition) is 5. The number of hydrogen-bond donors (Lipinski definition) is 2. The van der Waals surface area contributed by atoms with Gasteiger partial charge in [-0.05, 0) is 18.4 Å². The Morgan fingerprint density at radius 3 is 2.90 bits per heavy atom.